The van der Waals surface area contributed by atoms with Crippen LogP contribution in [0.3, 0.4) is 0 Å². The van der Waals surface area contributed by atoms with E-state index in [0.717, 1.165) is 6.54 Å². The van der Waals surface area contributed by atoms with Gasteiger partial charge >= 0.3 is 0 Å². The molecule has 1 saturated carbocycles. The molecular formula is C16H23N3S. The minimum Gasteiger partial charge on any atom is -0.309 e. The summed E-state index contributed by atoms with van der Waals surface area (Å²) < 4.78 is 0. The summed E-state index contributed by atoms with van der Waals surface area (Å²) in [4.78, 5) is 1.27. The third kappa shape index (κ3) is 2.81. The lowest BCUT2D eigenvalue weighted by atomic mass is 9.73. The summed E-state index contributed by atoms with van der Waals surface area (Å²) in [5.74, 6) is 0. The van der Waals surface area contributed by atoms with Gasteiger partial charge in [0.1, 0.15) is 0 Å². The van der Waals surface area contributed by atoms with Crippen molar-refractivity contribution in [2.24, 2.45) is 5.41 Å². The Hall–Kier alpha value is -1.13. The number of hydrogen-bond donors (Lipinski definition) is 2. The topological polar surface area (TPSA) is 40.7 Å². The second-order valence-electron chi connectivity index (χ2n) is 6.42. The molecule has 20 heavy (non-hydrogen) atoms. The van der Waals surface area contributed by atoms with Crippen molar-refractivity contribution in [3.05, 3.63) is 29.3 Å². The molecule has 0 saturated heterocycles. The maximum atomic E-state index is 4.22. The van der Waals surface area contributed by atoms with E-state index >= 15 is 0 Å². The summed E-state index contributed by atoms with van der Waals surface area (Å²) in [5, 5.41) is 13.2. The van der Waals surface area contributed by atoms with Gasteiger partial charge in [-0.25, -0.2) is 0 Å². The van der Waals surface area contributed by atoms with Crippen molar-refractivity contribution in [1.82, 2.24) is 15.5 Å². The first-order valence-electron chi connectivity index (χ1n) is 7.46. The third-order valence-corrected chi connectivity index (χ3v) is 5.42. The molecule has 2 aromatic heterocycles. The second-order valence-corrected chi connectivity index (χ2v) is 7.36. The smallest absolute Gasteiger partial charge is 0.0794 e. The fraction of sp³-hybridized carbons (Fsp3) is 0.562. The molecule has 1 unspecified atom stereocenters. The molecule has 3 nitrogen and oxygen atoms in total. The summed E-state index contributed by atoms with van der Waals surface area (Å²) in [6, 6.07) is 4.84. The highest BCUT2D eigenvalue weighted by molar-refractivity contribution is 7.13. The average molecular weight is 289 g/mol. The van der Waals surface area contributed by atoms with Crippen molar-refractivity contribution in [3.63, 3.8) is 0 Å². The largest absolute Gasteiger partial charge is 0.309 e. The third-order valence-electron chi connectivity index (χ3n) is 4.53. The zero-order valence-electron chi connectivity index (χ0n) is 12.3. The Morgan fingerprint density at radius 3 is 3.10 bits per heavy atom. The number of nitrogens with zero attached hydrogens (tertiary/aromatic N) is 1. The van der Waals surface area contributed by atoms with Crippen LogP contribution in [0.4, 0.5) is 0 Å². The van der Waals surface area contributed by atoms with E-state index in [-0.39, 0.29) is 0 Å². The van der Waals surface area contributed by atoms with Crippen molar-refractivity contribution < 1.29 is 0 Å². The van der Waals surface area contributed by atoms with E-state index in [4.69, 9.17) is 0 Å². The van der Waals surface area contributed by atoms with Gasteiger partial charge in [0.05, 0.1) is 16.8 Å². The molecule has 2 heterocycles. The molecule has 3 rings (SSSR count). The maximum absolute atomic E-state index is 4.22. The highest BCUT2D eigenvalue weighted by Gasteiger charge is 2.31. The molecule has 0 bridgehead atoms. The summed E-state index contributed by atoms with van der Waals surface area (Å²) in [5.41, 5.74) is 2.85. The van der Waals surface area contributed by atoms with Gasteiger partial charge in [0.25, 0.3) is 0 Å². The minimum absolute atomic E-state index is 0.408. The van der Waals surface area contributed by atoms with Crippen molar-refractivity contribution in [2.75, 3.05) is 0 Å². The zero-order chi connectivity index (χ0) is 14.0. The molecule has 108 valence electrons. The molecule has 0 amide bonds. The van der Waals surface area contributed by atoms with Crippen LogP contribution in [0.15, 0.2) is 23.7 Å². The standard InChI is InChI=1S/C16H23N3S/c1-16(2)8-4-3-7-14(16)17-10-12-11-18-19-15(12)13-6-5-9-20-13/h5-6,9,11,14,17H,3-4,7-8,10H2,1-2H3,(H,18,19). The van der Waals surface area contributed by atoms with Crippen LogP contribution < -0.4 is 5.32 Å². The Balaban J connectivity index is 1.69. The van der Waals surface area contributed by atoms with Crippen LogP contribution in [0.5, 0.6) is 0 Å². The van der Waals surface area contributed by atoms with E-state index < -0.39 is 0 Å². The van der Waals surface area contributed by atoms with Crippen LogP contribution in [0, 0.1) is 5.41 Å². The van der Waals surface area contributed by atoms with Gasteiger partial charge in [0, 0.05) is 18.2 Å². The Labute approximate surface area is 124 Å². The first-order chi connectivity index (χ1) is 9.67. The normalized spacial score (nSPS) is 22.0. The maximum Gasteiger partial charge on any atom is 0.0794 e. The molecular weight excluding hydrogens is 266 g/mol. The van der Waals surface area contributed by atoms with E-state index in [2.05, 4.69) is 46.9 Å². The summed E-state index contributed by atoms with van der Waals surface area (Å²) >= 11 is 1.76. The van der Waals surface area contributed by atoms with Crippen LogP contribution in [0.1, 0.15) is 45.1 Å². The predicted molar refractivity (Wildman–Crippen MR) is 84.8 cm³/mol. The lowest BCUT2D eigenvalue weighted by Crippen LogP contribution is -2.43. The average Bonchev–Trinajstić information content (AvgIpc) is 3.07. The second kappa shape index (κ2) is 5.70. The zero-order valence-corrected chi connectivity index (χ0v) is 13.1. The van der Waals surface area contributed by atoms with Crippen LogP contribution in [0.25, 0.3) is 10.6 Å². The lowest BCUT2D eigenvalue weighted by Gasteiger charge is -2.39. The summed E-state index contributed by atoms with van der Waals surface area (Å²) in [6.07, 6.45) is 7.30. The van der Waals surface area contributed by atoms with Crippen molar-refractivity contribution in [1.29, 1.82) is 0 Å². The highest BCUT2D eigenvalue weighted by Crippen LogP contribution is 2.35. The van der Waals surface area contributed by atoms with E-state index in [1.807, 2.05) is 6.20 Å². The molecule has 2 N–H and O–H groups in total. The molecule has 0 aliphatic heterocycles. The fourth-order valence-electron chi connectivity index (χ4n) is 3.18. The number of rotatable bonds is 4. The van der Waals surface area contributed by atoms with Gasteiger partial charge in [-0.2, -0.15) is 5.10 Å². The molecule has 0 radical (unpaired) electrons. The first kappa shape index (κ1) is 13.8. The number of hydrogen-bond acceptors (Lipinski definition) is 3. The van der Waals surface area contributed by atoms with Gasteiger partial charge in [-0.1, -0.05) is 32.8 Å². The molecule has 0 spiro atoms. The lowest BCUT2D eigenvalue weighted by molar-refractivity contribution is 0.167. The van der Waals surface area contributed by atoms with Gasteiger partial charge in [0.2, 0.25) is 0 Å². The highest BCUT2D eigenvalue weighted by atomic mass is 32.1. The molecule has 1 atom stereocenters. The molecule has 1 aliphatic rings. The van der Waals surface area contributed by atoms with E-state index in [0.29, 0.717) is 11.5 Å². The van der Waals surface area contributed by atoms with Crippen LogP contribution in [-0.4, -0.2) is 16.2 Å². The van der Waals surface area contributed by atoms with E-state index in [1.54, 1.807) is 11.3 Å². The Morgan fingerprint density at radius 1 is 1.45 bits per heavy atom. The first-order valence-corrected chi connectivity index (χ1v) is 8.34. The van der Waals surface area contributed by atoms with Crippen molar-refractivity contribution >= 4 is 11.3 Å². The van der Waals surface area contributed by atoms with Crippen molar-refractivity contribution in [2.45, 2.75) is 52.1 Å². The van der Waals surface area contributed by atoms with Gasteiger partial charge < -0.3 is 5.32 Å². The van der Waals surface area contributed by atoms with Gasteiger partial charge in [0.15, 0.2) is 0 Å². The molecule has 2 aromatic rings. The van der Waals surface area contributed by atoms with Gasteiger partial charge in [-0.05, 0) is 29.7 Å². The number of H-pyrrole nitrogens is 1. The summed E-state index contributed by atoms with van der Waals surface area (Å²) in [6.45, 7) is 5.68. The van der Waals surface area contributed by atoms with Crippen LogP contribution in [-0.2, 0) is 6.54 Å². The Bertz CT molecular complexity index is 542. The number of aromatic nitrogens is 2. The molecule has 4 heteroatoms. The minimum atomic E-state index is 0.408. The van der Waals surface area contributed by atoms with Crippen molar-refractivity contribution in [3.8, 4) is 10.6 Å². The SMILES string of the molecule is CC1(C)CCCCC1NCc1cn[nH]c1-c1cccs1. The van der Waals surface area contributed by atoms with Gasteiger partial charge in [-0.3, -0.25) is 5.10 Å². The Morgan fingerprint density at radius 2 is 2.35 bits per heavy atom. The van der Waals surface area contributed by atoms with Crippen LogP contribution in [0.2, 0.25) is 0 Å². The van der Waals surface area contributed by atoms with E-state index in [1.165, 1.54) is 41.8 Å². The molecule has 0 aromatic carbocycles. The molecule has 1 fully saturated rings. The van der Waals surface area contributed by atoms with E-state index in [9.17, 15) is 0 Å². The van der Waals surface area contributed by atoms with Crippen LogP contribution >= 0.6 is 11.3 Å². The summed E-state index contributed by atoms with van der Waals surface area (Å²) in [7, 11) is 0. The Kier molecular flexibility index (Phi) is 3.94. The number of nitrogens with one attached hydrogen (secondary N) is 2. The quantitative estimate of drug-likeness (QED) is 0.885. The van der Waals surface area contributed by atoms with Gasteiger partial charge in [-0.15, -0.1) is 11.3 Å². The fourth-order valence-corrected chi connectivity index (χ4v) is 3.94. The molecule has 1 aliphatic carbocycles. The monoisotopic (exact) mass is 289 g/mol. The predicted octanol–water partition coefficient (Wildman–Crippen LogP) is 4.20. The number of thiophene rings is 1. The number of aromatic amines is 1.